The van der Waals surface area contributed by atoms with Gasteiger partial charge in [0.1, 0.15) is 5.75 Å². The molecule has 4 nitrogen and oxygen atoms in total. The van der Waals surface area contributed by atoms with Crippen LogP contribution < -0.4 is 0 Å². The van der Waals surface area contributed by atoms with E-state index in [0.29, 0.717) is 23.4 Å². The van der Waals surface area contributed by atoms with Crippen molar-refractivity contribution in [3.05, 3.63) is 66.4 Å². The standard InChI is InChI=1S/C19H17NO3/c1-2-20-12-16(13-8-4-3-5-9-13)18(21)17(20)14-10-6-7-11-15(14)19(22)23/h3-12,21H,2H2,1H3,(H,22,23). The number of rotatable bonds is 4. The highest BCUT2D eigenvalue weighted by atomic mass is 16.4. The van der Waals surface area contributed by atoms with Gasteiger partial charge in [-0.15, -0.1) is 0 Å². The molecule has 23 heavy (non-hydrogen) atoms. The van der Waals surface area contributed by atoms with Crippen LogP contribution in [0.15, 0.2) is 60.8 Å². The maximum Gasteiger partial charge on any atom is 0.336 e. The van der Waals surface area contributed by atoms with E-state index in [4.69, 9.17) is 0 Å². The molecule has 1 heterocycles. The maximum atomic E-state index is 11.5. The molecule has 2 N–H and O–H groups in total. The molecule has 4 heteroatoms. The summed E-state index contributed by atoms with van der Waals surface area (Å²) >= 11 is 0. The number of carbonyl (C=O) groups is 1. The van der Waals surface area contributed by atoms with Crippen molar-refractivity contribution in [1.29, 1.82) is 0 Å². The summed E-state index contributed by atoms with van der Waals surface area (Å²) in [6.07, 6.45) is 1.86. The number of aromatic nitrogens is 1. The smallest absolute Gasteiger partial charge is 0.336 e. The Kier molecular flexibility index (Phi) is 3.89. The van der Waals surface area contributed by atoms with Crippen LogP contribution in [0.4, 0.5) is 0 Å². The lowest BCUT2D eigenvalue weighted by molar-refractivity contribution is 0.0697. The lowest BCUT2D eigenvalue weighted by atomic mass is 10.0. The molecule has 0 fully saturated rings. The highest BCUT2D eigenvalue weighted by molar-refractivity contribution is 5.97. The Labute approximate surface area is 134 Å². The number of aryl methyl sites for hydroxylation is 1. The normalized spacial score (nSPS) is 10.7. The quantitative estimate of drug-likeness (QED) is 0.757. The number of hydrogen-bond donors (Lipinski definition) is 2. The van der Waals surface area contributed by atoms with Gasteiger partial charge < -0.3 is 14.8 Å². The molecule has 0 saturated heterocycles. The van der Waals surface area contributed by atoms with Crippen molar-refractivity contribution in [2.24, 2.45) is 0 Å². The zero-order chi connectivity index (χ0) is 16.4. The average Bonchev–Trinajstić information content (AvgIpc) is 2.92. The molecule has 0 amide bonds. The topological polar surface area (TPSA) is 62.5 Å². The number of aromatic carboxylic acids is 1. The van der Waals surface area contributed by atoms with Crippen LogP contribution >= 0.6 is 0 Å². The van der Waals surface area contributed by atoms with Gasteiger partial charge in [0.2, 0.25) is 0 Å². The summed E-state index contributed by atoms with van der Waals surface area (Å²) in [7, 11) is 0. The summed E-state index contributed by atoms with van der Waals surface area (Å²) in [4.78, 5) is 11.5. The molecule has 3 aromatic rings. The van der Waals surface area contributed by atoms with Crippen molar-refractivity contribution in [1.82, 2.24) is 4.57 Å². The number of carboxylic acid groups (broad SMARTS) is 1. The van der Waals surface area contributed by atoms with Crippen LogP contribution in [0.25, 0.3) is 22.4 Å². The number of nitrogens with zero attached hydrogens (tertiary/aromatic N) is 1. The summed E-state index contributed by atoms with van der Waals surface area (Å²) < 4.78 is 1.87. The molecule has 0 aliphatic rings. The minimum absolute atomic E-state index is 0.103. The molecule has 0 radical (unpaired) electrons. The monoisotopic (exact) mass is 307 g/mol. The Morgan fingerprint density at radius 2 is 1.65 bits per heavy atom. The molecular weight excluding hydrogens is 290 g/mol. The van der Waals surface area contributed by atoms with E-state index >= 15 is 0 Å². The summed E-state index contributed by atoms with van der Waals surface area (Å²) in [6, 6.07) is 16.3. The third-order valence-electron chi connectivity index (χ3n) is 3.89. The van der Waals surface area contributed by atoms with Crippen LogP contribution in [-0.4, -0.2) is 20.7 Å². The van der Waals surface area contributed by atoms with E-state index in [1.807, 2.05) is 48.0 Å². The highest BCUT2D eigenvalue weighted by Crippen LogP contribution is 2.41. The third kappa shape index (κ3) is 2.59. The zero-order valence-corrected chi connectivity index (χ0v) is 12.7. The van der Waals surface area contributed by atoms with Crippen LogP contribution in [0.5, 0.6) is 5.75 Å². The number of carboxylic acids is 1. The molecular formula is C19H17NO3. The van der Waals surface area contributed by atoms with Crippen molar-refractivity contribution < 1.29 is 15.0 Å². The van der Waals surface area contributed by atoms with Gasteiger partial charge in [-0.3, -0.25) is 0 Å². The Morgan fingerprint density at radius 1 is 1.00 bits per heavy atom. The Hall–Kier alpha value is -3.01. The molecule has 0 atom stereocenters. The number of benzene rings is 2. The molecule has 1 aromatic heterocycles. The molecule has 0 saturated carbocycles. The molecule has 0 bridgehead atoms. The second-order valence-electron chi connectivity index (χ2n) is 5.24. The first-order chi connectivity index (χ1) is 11.1. The predicted octanol–water partition coefficient (Wildman–Crippen LogP) is 4.25. The van der Waals surface area contributed by atoms with E-state index < -0.39 is 5.97 Å². The maximum absolute atomic E-state index is 11.5. The van der Waals surface area contributed by atoms with Crippen molar-refractivity contribution >= 4 is 5.97 Å². The van der Waals surface area contributed by atoms with Gasteiger partial charge in [0.15, 0.2) is 0 Å². The molecule has 2 aromatic carbocycles. The van der Waals surface area contributed by atoms with Gasteiger partial charge in [0.25, 0.3) is 0 Å². The van der Waals surface area contributed by atoms with E-state index in [1.54, 1.807) is 24.3 Å². The summed E-state index contributed by atoms with van der Waals surface area (Å²) in [6.45, 7) is 2.59. The minimum atomic E-state index is -1.01. The first-order valence-electron chi connectivity index (χ1n) is 7.43. The first-order valence-corrected chi connectivity index (χ1v) is 7.43. The summed E-state index contributed by atoms with van der Waals surface area (Å²) in [5, 5.41) is 20.2. The summed E-state index contributed by atoms with van der Waals surface area (Å²) in [5.74, 6) is -0.906. The second-order valence-corrected chi connectivity index (χ2v) is 5.24. The van der Waals surface area contributed by atoms with E-state index in [2.05, 4.69) is 0 Å². The van der Waals surface area contributed by atoms with Crippen LogP contribution in [0, 0.1) is 0 Å². The van der Waals surface area contributed by atoms with Crippen LogP contribution in [-0.2, 0) is 6.54 Å². The molecule has 3 rings (SSSR count). The van der Waals surface area contributed by atoms with E-state index in [0.717, 1.165) is 5.56 Å². The van der Waals surface area contributed by atoms with Crippen LogP contribution in [0.2, 0.25) is 0 Å². The fourth-order valence-electron chi connectivity index (χ4n) is 2.78. The number of hydrogen-bond acceptors (Lipinski definition) is 2. The Morgan fingerprint density at radius 3 is 2.30 bits per heavy atom. The third-order valence-corrected chi connectivity index (χ3v) is 3.89. The van der Waals surface area contributed by atoms with Gasteiger partial charge >= 0.3 is 5.97 Å². The lowest BCUT2D eigenvalue weighted by Gasteiger charge is -2.10. The Balaban J connectivity index is 2.25. The van der Waals surface area contributed by atoms with Gasteiger partial charge in [-0.05, 0) is 18.6 Å². The number of aromatic hydroxyl groups is 1. The predicted molar refractivity (Wildman–Crippen MR) is 89.6 cm³/mol. The van der Waals surface area contributed by atoms with Crippen molar-refractivity contribution in [3.8, 4) is 28.1 Å². The molecule has 0 spiro atoms. The fourth-order valence-corrected chi connectivity index (χ4v) is 2.78. The lowest BCUT2D eigenvalue weighted by Crippen LogP contribution is -2.02. The van der Waals surface area contributed by atoms with Gasteiger partial charge in [-0.2, -0.15) is 0 Å². The average molecular weight is 307 g/mol. The highest BCUT2D eigenvalue weighted by Gasteiger charge is 2.21. The SMILES string of the molecule is CCn1cc(-c2ccccc2)c(O)c1-c1ccccc1C(=O)O. The molecule has 0 unspecified atom stereocenters. The van der Waals surface area contributed by atoms with Crippen molar-refractivity contribution in [3.63, 3.8) is 0 Å². The van der Waals surface area contributed by atoms with Gasteiger partial charge in [-0.25, -0.2) is 4.79 Å². The van der Waals surface area contributed by atoms with Gasteiger partial charge in [0.05, 0.1) is 11.3 Å². The molecule has 116 valence electrons. The Bertz CT molecular complexity index is 850. The second kappa shape index (κ2) is 6.01. The molecule has 0 aliphatic heterocycles. The van der Waals surface area contributed by atoms with E-state index in [-0.39, 0.29) is 11.3 Å². The fraction of sp³-hybridized carbons (Fsp3) is 0.105. The van der Waals surface area contributed by atoms with Crippen molar-refractivity contribution in [2.45, 2.75) is 13.5 Å². The van der Waals surface area contributed by atoms with Gasteiger partial charge in [-0.1, -0.05) is 48.5 Å². The largest absolute Gasteiger partial charge is 0.505 e. The minimum Gasteiger partial charge on any atom is -0.505 e. The van der Waals surface area contributed by atoms with Crippen molar-refractivity contribution in [2.75, 3.05) is 0 Å². The van der Waals surface area contributed by atoms with E-state index in [9.17, 15) is 15.0 Å². The first kappa shape index (κ1) is 14.9. The van der Waals surface area contributed by atoms with E-state index in [1.165, 1.54) is 0 Å². The summed E-state index contributed by atoms with van der Waals surface area (Å²) in [5.41, 5.74) is 2.81. The van der Waals surface area contributed by atoms with Crippen LogP contribution in [0.3, 0.4) is 0 Å². The molecule has 0 aliphatic carbocycles. The zero-order valence-electron chi connectivity index (χ0n) is 12.7. The van der Waals surface area contributed by atoms with Gasteiger partial charge in [0, 0.05) is 23.9 Å². The van der Waals surface area contributed by atoms with Crippen LogP contribution in [0.1, 0.15) is 17.3 Å².